The Bertz CT molecular complexity index is 495. The van der Waals surface area contributed by atoms with E-state index in [2.05, 4.69) is 4.90 Å². The van der Waals surface area contributed by atoms with Gasteiger partial charge in [-0.05, 0) is 43.5 Å². The second-order valence-electron chi connectivity index (χ2n) is 6.22. The molecule has 19 heavy (non-hydrogen) atoms. The normalized spacial score (nSPS) is 21.2. The van der Waals surface area contributed by atoms with E-state index in [9.17, 15) is 4.79 Å². The van der Waals surface area contributed by atoms with Gasteiger partial charge < -0.3 is 10.0 Å². The van der Waals surface area contributed by atoms with Crippen LogP contribution in [0.5, 0.6) is 0 Å². The van der Waals surface area contributed by atoms with E-state index in [1.807, 2.05) is 13.0 Å². The number of carboxylic acid groups (broad SMARTS) is 1. The maximum absolute atomic E-state index is 10.9. The third-order valence-electron chi connectivity index (χ3n) is 4.75. The first-order chi connectivity index (χ1) is 9.10. The van der Waals surface area contributed by atoms with Crippen LogP contribution >= 0.6 is 0 Å². The molecule has 0 aromatic heterocycles. The number of nitrogens with zero attached hydrogens (tertiary/aromatic N) is 1. The molecule has 3 rings (SSSR count). The maximum Gasteiger partial charge on any atom is 0.335 e. The Labute approximate surface area is 114 Å². The van der Waals surface area contributed by atoms with Crippen molar-refractivity contribution in [3.8, 4) is 0 Å². The van der Waals surface area contributed by atoms with E-state index < -0.39 is 5.97 Å². The van der Waals surface area contributed by atoms with Crippen molar-refractivity contribution >= 4 is 11.7 Å². The number of aromatic carboxylic acids is 1. The summed E-state index contributed by atoms with van der Waals surface area (Å²) < 4.78 is 0. The van der Waals surface area contributed by atoms with Crippen molar-refractivity contribution in [3.63, 3.8) is 0 Å². The summed E-state index contributed by atoms with van der Waals surface area (Å²) >= 11 is 0. The van der Waals surface area contributed by atoms with Crippen LogP contribution in [-0.4, -0.2) is 24.2 Å². The van der Waals surface area contributed by atoms with Gasteiger partial charge in [-0.2, -0.15) is 0 Å². The lowest BCUT2D eigenvalue weighted by molar-refractivity contribution is 0.0696. The minimum absolute atomic E-state index is 0.383. The third kappa shape index (κ3) is 2.22. The SMILES string of the molecule is Cc1cc(C(=O)O)ccc1N1CC2(CCCCC2)C1. The molecule has 1 saturated heterocycles. The molecular weight excluding hydrogens is 238 g/mol. The van der Waals surface area contributed by atoms with Crippen LogP contribution in [0.1, 0.15) is 48.0 Å². The summed E-state index contributed by atoms with van der Waals surface area (Å²) in [6, 6.07) is 5.47. The fraction of sp³-hybridized carbons (Fsp3) is 0.562. The topological polar surface area (TPSA) is 40.5 Å². The van der Waals surface area contributed by atoms with Gasteiger partial charge in [0.1, 0.15) is 0 Å². The molecule has 0 radical (unpaired) electrons. The van der Waals surface area contributed by atoms with Crippen molar-refractivity contribution in [2.24, 2.45) is 5.41 Å². The highest BCUT2D eigenvalue weighted by molar-refractivity contribution is 5.88. The van der Waals surface area contributed by atoms with Gasteiger partial charge in [0.15, 0.2) is 0 Å². The van der Waals surface area contributed by atoms with Crippen LogP contribution in [-0.2, 0) is 0 Å². The molecule has 1 aliphatic heterocycles. The van der Waals surface area contributed by atoms with Gasteiger partial charge in [0.25, 0.3) is 0 Å². The molecule has 0 bridgehead atoms. The summed E-state index contributed by atoms with van der Waals surface area (Å²) in [6.45, 7) is 4.31. The minimum atomic E-state index is -0.845. The molecule has 0 unspecified atom stereocenters. The van der Waals surface area contributed by atoms with Crippen LogP contribution in [0, 0.1) is 12.3 Å². The van der Waals surface area contributed by atoms with E-state index in [1.54, 1.807) is 12.1 Å². The van der Waals surface area contributed by atoms with Crippen LogP contribution in [0.2, 0.25) is 0 Å². The first kappa shape index (κ1) is 12.5. The Hall–Kier alpha value is -1.51. The van der Waals surface area contributed by atoms with Crippen molar-refractivity contribution in [2.75, 3.05) is 18.0 Å². The van der Waals surface area contributed by atoms with E-state index in [0.717, 1.165) is 18.7 Å². The van der Waals surface area contributed by atoms with Gasteiger partial charge in [-0.15, -0.1) is 0 Å². The van der Waals surface area contributed by atoms with Crippen molar-refractivity contribution in [1.82, 2.24) is 0 Å². The Morgan fingerprint density at radius 3 is 2.47 bits per heavy atom. The number of benzene rings is 1. The number of carboxylic acids is 1. The molecule has 2 fully saturated rings. The quantitative estimate of drug-likeness (QED) is 0.884. The highest BCUT2D eigenvalue weighted by Crippen LogP contribution is 2.46. The van der Waals surface area contributed by atoms with Gasteiger partial charge in [0, 0.05) is 24.2 Å². The van der Waals surface area contributed by atoms with E-state index >= 15 is 0 Å². The zero-order valence-corrected chi connectivity index (χ0v) is 11.5. The first-order valence-electron chi connectivity index (χ1n) is 7.19. The van der Waals surface area contributed by atoms with Gasteiger partial charge in [-0.1, -0.05) is 19.3 Å². The largest absolute Gasteiger partial charge is 0.478 e. The third-order valence-corrected chi connectivity index (χ3v) is 4.75. The summed E-state index contributed by atoms with van der Waals surface area (Å²) in [7, 11) is 0. The lowest BCUT2D eigenvalue weighted by atomic mass is 9.68. The zero-order valence-electron chi connectivity index (χ0n) is 11.5. The van der Waals surface area contributed by atoms with Gasteiger partial charge in [-0.3, -0.25) is 0 Å². The number of carbonyl (C=O) groups is 1. The van der Waals surface area contributed by atoms with Crippen LogP contribution < -0.4 is 4.90 Å². The fourth-order valence-corrected chi connectivity index (χ4v) is 3.70. The Morgan fingerprint density at radius 2 is 1.89 bits per heavy atom. The Balaban J connectivity index is 1.73. The lowest BCUT2D eigenvalue weighted by Gasteiger charge is -2.54. The molecule has 3 heteroatoms. The molecule has 102 valence electrons. The second-order valence-corrected chi connectivity index (χ2v) is 6.22. The van der Waals surface area contributed by atoms with Gasteiger partial charge in [-0.25, -0.2) is 4.79 Å². The second kappa shape index (κ2) is 4.55. The average Bonchev–Trinajstić information content (AvgIpc) is 2.37. The summed E-state index contributed by atoms with van der Waals surface area (Å²) in [5.74, 6) is -0.845. The number of anilines is 1. The Morgan fingerprint density at radius 1 is 1.21 bits per heavy atom. The van der Waals surface area contributed by atoms with Crippen LogP contribution in [0.15, 0.2) is 18.2 Å². The molecule has 1 N–H and O–H groups in total. The van der Waals surface area contributed by atoms with E-state index in [0.29, 0.717) is 11.0 Å². The fourth-order valence-electron chi connectivity index (χ4n) is 3.70. The smallest absolute Gasteiger partial charge is 0.335 e. The molecule has 1 aliphatic carbocycles. The maximum atomic E-state index is 10.9. The Kier molecular flexibility index (Phi) is 3.00. The molecule has 1 aromatic carbocycles. The zero-order chi connectivity index (χ0) is 13.5. The van der Waals surface area contributed by atoms with Crippen LogP contribution in [0.25, 0.3) is 0 Å². The number of hydrogen-bond donors (Lipinski definition) is 1. The highest BCUT2D eigenvalue weighted by atomic mass is 16.4. The van der Waals surface area contributed by atoms with Gasteiger partial charge in [0.05, 0.1) is 5.56 Å². The van der Waals surface area contributed by atoms with Crippen molar-refractivity contribution in [1.29, 1.82) is 0 Å². The molecule has 1 saturated carbocycles. The van der Waals surface area contributed by atoms with Gasteiger partial charge in [0.2, 0.25) is 0 Å². The van der Waals surface area contributed by atoms with Gasteiger partial charge >= 0.3 is 5.97 Å². The van der Waals surface area contributed by atoms with Crippen LogP contribution in [0.3, 0.4) is 0 Å². The van der Waals surface area contributed by atoms with E-state index in [4.69, 9.17) is 5.11 Å². The van der Waals surface area contributed by atoms with Crippen molar-refractivity contribution < 1.29 is 9.90 Å². The summed E-state index contributed by atoms with van der Waals surface area (Å²) in [4.78, 5) is 13.4. The monoisotopic (exact) mass is 259 g/mol. The number of rotatable bonds is 2. The molecule has 1 heterocycles. The molecule has 1 aromatic rings. The standard InChI is InChI=1S/C16H21NO2/c1-12-9-13(15(18)19)5-6-14(12)17-10-16(11-17)7-3-2-4-8-16/h5-6,9H,2-4,7-8,10-11H2,1H3,(H,18,19). The number of aryl methyl sites for hydroxylation is 1. The predicted molar refractivity (Wildman–Crippen MR) is 75.9 cm³/mol. The van der Waals surface area contributed by atoms with E-state index in [1.165, 1.54) is 37.8 Å². The predicted octanol–water partition coefficient (Wildman–Crippen LogP) is 3.46. The lowest BCUT2D eigenvalue weighted by Crippen LogP contribution is -2.57. The molecule has 1 spiro atoms. The average molecular weight is 259 g/mol. The molecule has 2 aliphatic rings. The summed E-state index contributed by atoms with van der Waals surface area (Å²) in [5.41, 5.74) is 3.23. The minimum Gasteiger partial charge on any atom is -0.478 e. The molecule has 3 nitrogen and oxygen atoms in total. The summed E-state index contributed by atoms with van der Waals surface area (Å²) in [5, 5.41) is 9.00. The highest BCUT2D eigenvalue weighted by Gasteiger charge is 2.43. The molecular formula is C16H21NO2. The number of hydrogen-bond acceptors (Lipinski definition) is 2. The van der Waals surface area contributed by atoms with Crippen molar-refractivity contribution in [3.05, 3.63) is 29.3 Å². The van der Waals surface area contributed by atoms with E-state index in [-0.39, 0.29) is 0 Å². The van der Waals surface area contributed by atoms with Crippen molar-refractivity contribution in [2.45, 2.75) is 39.0 Å². The molecule has 0 amide bonds. The van der Waals surface area contributed by atoms with Crippen LogP contribution in [0.4, 0.5) is 5.69 Å². The molecule has 0 atom stereocenters. The first-order valence-corrected chi connectivity index (χ1v) is 7.19. The summed E-state index contributed by atoms with van der Waals surface area (Å²) in [6.07, 6.45) is 6.90.